The summed E-state index contributed by atoms with van der Waals surface area (Å²) in [5, 5.41) is 6.07. The van der Waals surface area contributed by atoms with E-state index in [-0.39, 0.29) is 0 Å². The van der Waals surface area contributed by atoms with Crippen molar-refractivity contribution in [2.45, 2.75) is 13.0 Å². The third-order valence-electron chi connectivity index (χ3n) is 4.18. The lowest BCUT2D eigenvalue weighted by atomic mass is 9.87. The molecule has 0 radical (unpaired) electrons. The summed E-state index contributed by atoms with van der Waals surface area (Å²) in [6.07, 6.45) is 0. The topological polar surface area (TPSA) is 15.3 Å². The van der Waals surface area contributed by atoms with E-state index in [0.29, 0.717) is 6.04 Å². The van der Waals surface area contributed by atoms with Crippen LogP contribution in [0.5, 0.6) is 0 Å². The third kappa shape index (κ3) is 2.38. The minimum atomic E-state index is 0.520. The number of hydrogen-bond donors (Lipinski definition) is 1. The Kier molecular flexibility index (Phi) is 3.29. The maximum absolute atomic E-state index is 3.38. The molecular weight excluding hydrogens is 232 g/mol. The Morgan fingerprint density at radius 1 is 1.05 bits per heavy atom. The molecular formula is C17H22N2. The summed E-state index contributed by atoms with van der Waals surface area (Å²) in [4.78, 5) is 2.35. The van der Waals surface area contributed by atoms with Crippen LogP contribution in [0.2, 0.25) is 0 Å². The first-order chi connectivity index (χ1) is 9.15. The second-order valence-electron chi connectivity index (χ2n) is 5.94. The average Bonchev–Trinajstić information content (AvgIpc) is 2.32. The summed E-state index contributed by atoms with van der Waals surface area (Å²) < 4.78 is 0. The van der Waals surface area contributed by atoms with E-state index in [4.69, 9.17) is 0 Å². The second-order valence-corrected chi connectivity index (χ2v) is 5.94. The van der Waals surface area contributed by atoms with Gasteiger partial charge < -0.3 is 10.2 Å². The van der Waals surface area contributed by atoms with Gasteiger partial charge in [0.1, 0.15) is 0 Å². The van der Waals surface area contributed by atoms with Gasteiger partial charge in [-0.25, -0.2) is 0 Å². The zero-order valence-corrected chi connectivity index (χ0v) is 12.0. The Morgan fingerprint density at radius 2 is 1.74 bits per heavy atom. The molecule has 0 spiro atoms. The Hall–Kier alpha value is -1.38. The van der Waals surface area contributed by atoms with Crippen molar-refractivity contribution < 1.29 is 0 Å². The minimum absolute atomic E-state index is 0.520. The molecule has 0 bridgehead atoms. The summed E-state index contributed by atoms with van der Waals surface area (Å²) in [6.45, 7) is 4.42. The van der Waals surface area contributed by atoms with Crippen LogP contribution in [0, 0.1) is 12.8 Å². The van der Waals surface area contributed by atoms with Crippen molar-refractivity contribution in [2.24, 2.45) is 5.92 Å². The molecule has 1 N–H and O–H groups in total. The molecule has 1 heterocycles. The van der Waals surface area contributed by atoms with Crippen molar-refractivity contribution in [3.63, 3.8) is 0 Å². The van der Waals surface area contributed by atoms with E-state index >= 15 is 0 Å². The molecule has 1 aliphatic rings. The molecule has 2 aromatic carbocycles. The van der Waals surface area contributed by atoms with E-state index < -0.39 is 0 Å². The predicted octanol–water partition coefficient (Wildman–Crippen LogP) is 2.97. The van der Waals surface area contributed by atoms with Gasteiger partial charge in [0.2, 0.25) is 0 Å². The maximum atomic E-state index is 3.38. The molecule has 1 unspecified atom stereocenters. The Labute approximate surface area is 115 Å². The number of rotatable bonds is 3. The number of aryl methyl sites for hydroxylation is 1. The van der Waals surface area contributed by atoms with Crippen molar-refractivity contribution in [2.75, 3.05) is 27.2 Å². The predicted molar refractivity (Wildman–Crippen MR) is 81.5 cm³/mol. The average molecular weight is 254 g/mol. The van der Waals surface area contributed by atoms with Gasteiger partial charge in [-0.15, -0.1) is 0 Å². The van der Waals surface area contributed by atoms with Gasteiger partial charge in [-0.1, -0.05) is 35.9 Å². The van der Waals surface area contributed by atoms with Gasteiger partial charge in [-0.3, -0.25) is 0 Å². The molecule has 0 amide bonds. The first-order valence-electron chi connectivity index (χ1n) is 7.02. The second kappa shape index (κ2) is 4.95. The monoisotopic (exact) mass is 254 g/mol. The highest BCUT2D eigenvalue weighted by Crippen LogP contribution is 2.31. The molecule has 0 aromatic heterocycles. The third-order valence-corrected chi connectivity index (χ3v) is 4.18. The van der Waals surface area contributed by atoms with Gasteiger partial charge in [0.05, 0.1) is 0 Å². The molecule has 0 saturated carbocycles. The molecule has 0 aliphatic carbocycles. The van der Waals surface area contributed by atoms with Crippen LogP contribution in [0.3, 0.4) is 0 Å². The van der Waals surface area contributed by atoms with Crippen LogP contribution in [0.15, 0.2) is 36.4 Å². The van der Waals surface area contributed by atoms with Gasteiger partial charge >= 0.3 is 0 Å². The summed E-state index contributed by atoms with van der Waals surface area (Å²) in [5.74, 6) is 0.734. The normalized spacial score (nSPS) is 17.7. The van der Waals surface area contributed by atoms with Crippen LogP contribution in [0.4, 0.5) is 0 Å². The molecule has 1 fully saturated rings. The van der Waals surface area contributed by atoms with Gasteiger partial charge in [0.25, 0.3) is 0 Å². The molecule has 19 heavy (non-hydrogen) atoms. The van der Waals surface area contributed by atoms with Crippen LogP contribution in [0.1, 0.15) is 17.2 Å². The molecule has 100 valence electrons. The lowest BCUT2D eigenvalue weighted by molar-refractivity contribution is 0.161. The fraction of sp³-hybridized carbons (Fsp3) is 0.412. The fourth-order valence-corrected chi connectivity index (χ4v) is 3.09. The lowest BCUT2D eigenvalue weighted by Gasteiger charge is -2.39. The SMILES string of the molecule is Cc1ccc2cc(C(C3CNC3)N(C)C)ccc2c1. The Morgan fingerprint density at radius 3 is 2.37 bits per heavy atom. The summed E-state index contributed by atoms with van der Waals surface area (Å²) in [5.41, 5.74) is 2.76. The smallest absolute Gasteiger partial charge is 0.0394 e. The van der Waals surface area contributed by atoms with Crippen LogP contribution in [0.25, 0.3) is 10.8 Å². The first-order valence-corrected chi connectivity index (χ1v) is 7.02. The summed E-state index contributed by atoms with van der Waals surface area (Å²) in [7, 11) is 4.37. The van der Waals surface area contributed by atoms with E-state index in [1.165, 1.54) is 21.9 Å². The zero-order valence-electron chi connectivity index (χ0n) is 12.0. The van der Waals surface area contributed by atoms with Crippen molar-refractivity contribution in [3.05, 3.63) is 47.5 Å². The molecule has 1 atom stereocenters. The standard InChI is InChI=1S/C17H22N2/c1-12-4-5-14-9-15(7-6-13(14)8-12)17(19(2)3)16-10-18-11-16/h4-9,16-18H,10-11H2,1-3H3. The summed E-state index contributed by atoms with van der Waals surface area (Å²) in [6, 6.07) is 14.1. The van der Waals surface area contributed by atoms with E-state index in [2.05, 4.69) is 67.6 Å². The molecule has 3 rings (SSSR count). The molecule has 2 aromatic rings. The number of hydrogen-bond acceptors (Lipinski definition) is 2. The Bertz CT molecular complexity index is 585. The number of nitrogens with zero attached hydrogens (tertiary/aromatic N) is 1. The van der Waals surface area contributed by atoms with Crippen molar-refractivity contribution >= 4 is 10.8 Å². The lowest BCUT2D eigenvalue weighted by Crippen LogP contribution is -2.48. The van der Waals surface area contributed by atoms with Gasteiger partial charge in [0.15, 0.2) is 0 Å². The van der Waals surface area contributed by atoms with Crippen LogP contribution in [-0.2, 0) is 0 Å². The molecule has 2 nitrogen and oxygen atoms in total. The van der Waals surface area contributed by atoms with Crippen LogP contribution < -0.4 is 5.32 Å². The van der Waals surface area contributed by atoms with E-state index in [9.17, 15) is 0 Å². The number of benzene rings is 2. The van der Waals surface area contributed by atoms with Gasteiger partial charge in [0, 0.05) is 25.0 Å². The van der Waals surface area contributed by atoms with Crippen LogP contribution >= 0.6 is 0 Å². The largest absolute Gasteiger partial charge is 0.316 e. The fourth-order valence-electron chi connectivity index (χ4n) is 3.09. The minimum Gasteiger partial charge on any atom is -0.316 e. The quantitative estimate of drug-likeness (QED) is 0.906. The highest BCUT2D eigenvalue weighted by atomic mass is 15.1. The van der Waals surface area contributed by atoms with Crippen molar-refractivity contribution in [1.29, 1.82) is 0 Å². The van der Waals surface area contributed by atoms with Crippen molar-refractivity contribution in [3.8, 4) is 0 Å². The highest BCUT2D eigenvalue weighted by Gasteiger charge is 2.29. The maximum Gasteiger partial charge on any atom is 0.0394 e. The molecule has 1 saturated heterocycles. The van der Waals surface area contributed by atoms with E-state index in [1.54, 1.807) is 0 Å². The van der Waals surface area contributed by atoms with E-state index in [0.717, 1.165) is 19.0 Å². The highest BCUT2D eigenvalue weighted by molar-refractivity contribution is 5.83. The summed E-state index contributed by atoms with van der Waals surface area (Å²) >= 11 is 0. The first kappa shape index (κ1) is 12.6. The molecule has 2 heteroatoms. The number of nitrogens with one attached hydrogen (secondary N) is 1. The van der Waals surface area contributed by atoms with Gasteiger partial charge in [-0.05, 0) is 43.4 Å². The molecule has 1 aliphatic heterocycles. The van der Waals surface area contributed by atoms with Crippen molar-refractivity contribution in [1.82, 2.24) is 10.2 Å². The Balaban J connectivity index is 2.01. The number of fused-ring (bicyclic) bond motifs is 1. The van der Waals surface area contributed by atoms with Crippen LogP contribution in [-0.4, -0.2) is 32.1 Å². The van der Waals surface area contributed by atoms with E-state index in [1.807, 2.05) is 0 Å². The van der Waals surface area contributed by atoms with Gasteiger partial charge in [-0.2, -0.15) is 0 Å². The zero-order chi connectivity index (χ0) is 13.4.